The molecule has 1 saturated carbocycles. The van der Waals surface area contributed by atoms with Crippen molar-refractivity contribution in [1.82, 2.24) is 5.32 Å². The number of hydrogen-bond acceptors (Lipinski definition) is 4. The van der Waals surface area contributed by atoms with Crippen molar-refractivity contribution in [3.8, 4) is 11.5 Å². The summed E-state index contributed by atoms with van der Waals surface area (Å²) in [5.41, 5.74) is 5.78. The van der Waals surface area contributed by atoms with E-state index in [0.717, 1.165) is 24.3 Å². The number of benzene rings is 1. The van der Waals surface area contributed by atoms with Crippen LogP contribution in [0.2, 0.25) is 0 Å². The highest BCUT2D eigenvalue weighted by atomic mass is 35.5. The number of rotatable bonds is 7. The Hall–Kier alpha value is -1.46. The third-order valence-electron chi connectivity index (χ3n) is 4.22. The first-order valence-electron chi connectivity index (χ1n) is 7.99. The molecule has 0 radical (unpaired) electrons. The summed E-state index contributed by atoms with van der Waals surface area (Å²) in [7, 11) is 1.63. The fourth-order valence-corrected chi connectivity index (χ4v) is 2.89. The summed E-state index contributed by atoms with van der Waals surface area (Å²) >= 11 is 0. The number of hydrogen-bond donors (Lipinski definition) is 2. The second-order valence-corrected chi connectivity index (χ2v) is 5.73. The molecule has 0 aromatic heterocycles. The lowest BCUT2D eigenvalue weighted by Gasteiger charge is -2.31. The van der Waals surface area contributed by atoms with Crippen LogP contribution in [0, 0.1) is 5.92 Å². The molecule has 3 N–H and O–H groups in total. The molecule has 0 aliphatic heterocycles. The predicted octanol–water partition coefficient (Wildman–Crippen LogP) is 2.52. The van der Waals surface area contributed by atoms with Gasteiger partial charge in [0, 0.05) is 6.04 Å². The molecule has 5 nitrogen and oxygen atoms in total. The lowest BCUT2D eigenvalue weighted by Crippen LogP contribution is -2.45. The van der Waals surface area contributed by atoms with Crippen molar-refractivity contribution in [3.63, 3.8) is 0 Å². The van der Waals surface area contributed by atoms with Gasteiger partial charge in [-0.25, -0.2) is 0 Å². The Balaban J connectivity index is 0.00000264. The van der Waals surface area contributed by atoms with E-state index in [9.17, 15) is 4.79 Å². The van der Waals surface area contributed by atoms with E-state index >= 15 is 0 Å². The molecule has 1 fully saturated rings. The first-order chi connectivity index (χ1) is 10.7. The smallest absolute Gasteiger partial charge is 0.223 e. The van der Waals surface area contributed by atoms with Gasteiger partial charge in [-0.3, -0.25) is 4.79 Å². The highest BCUT2D eigenvalue weighted by Crippen LogP contribution is 2.23. The number of halogens is 1. The van der Waals surface area contributed by atoms with Crippen molar-refractivity contribution >= 4 is 18.3 Å². The predicted molar refractivity (Wildman–Crippen MR) is 93.3 cm³/mol. The van der Waals surface area contributed by atoms with Crippen LogP contribution in [0.3, 0.4) is 0 Å². The Bertz CT molecular complexity index is 467. The Morgan fingerprint density at radius 3 is 2.52 bits per heavy atom. The standard InChI is InChI=1S/C17H26N2O3.ClH/c1-21-14-6-8-15(9-7-14)22-11-10-17(20)19-16-5-3-2-4-13(16)12-18;/h6-9,13,16H,2-5,10-12,18H2,1H3,(H,19,20);1H. The number of methoxy groups -OCH3 is 1. The van der Waals surface area contributed by atoms with Crippen molar-refractivity contribution in [2.75, 3.05) is 20.3 Å². The van der Waals surface area contributed by atoms with Gasteiger partial charge in [-0.1, -0.05) is 12.8 Å². The van der Waals surface area contributed by atoms with Gasteiger partial charge in [-0.05, 0) is 49.6 Å². The summed E-state index contributed by atoms with van der Waals surface area (Å²) in [6.07, 6.45) is 4.90. The molecule has 2 atom stereocenters. The van der Waals surface area contributed by atoms with Gasteiger partial charge >= 0.3 is 0 Å². The van der Waals surface area contributed by atoms with E-state index in [-0.39, 0.29) is 24.4 Å². The molecule has 1 aliphatic carbocycles. The van der Waals surface area contributed by atoms with E-state index in [1.54, 1.807) is 7.11 Å². The van der Waals surface area contributed by atoms with Gasteiger partial charge in [0.1, 0.15) is 11.5 Å². The Morgan fingerprint density at radius 1 is 1.22 bits per heavy atom. The number of carbonyl (C=O) groups is 1. The van der Waals surface area contributed by atoms with Crippen LogP contribution in [-0.2, 0) is 4.79 Å². The first kappa shape index (κ1) is 19.6. The maximum atomic E-state index is 12.0. The molecule has 2 unspecified atom stereocenters. The fraction of sp³-hybridized carbons (Fsp3) is 0.588. The lowest BCUT2D eigenvalue weighted by molar-refractivity contribution is -0.122. The minimum atomic E-state index is 0. The van der Waals surface area contributed by atoms with Gasteiger partial charge in [-0.15, -0.1) is 12.4 Å². The second-order valence-electron chi connectivity index (χ2n) is 5.73. The van der Waals surface area contributed by atoms with Crippen LogP contribution in [0.1, 0.15) is 32.1 Å². The van der Waals surface area contributed by atoms with Gasteiger partial charge in [-0.2, -0.15) is 0 Å². The van der Waals surface area contributed by atoms with Crippen LogP contribution in [0.5, 0.6) is 11.5 Å². The molecule has 1 aromatic carbocycles. The quantitative estimate of drug-likeness (QED) is 0.798. The number of carbonyl (C=O) groups excluding carboxylic acids is 1. The van der Waals surface area contributed by atoms with Crippen LogP contribution < -0.4 is 20.5 Å². The molecular weight excluding hydrogens is 316 g/mol. The van der Waals surface area contributed by atoms with Crippen molar-refractivity contribution in [2.24, 2.45) is 11.7 Å². The van der Waals surface area contributed by atoms with Crippen LogP contribution in [0.25, 0.3) is 0 Å². The zero-order valence-electron chi connectivity index (χ0n) is 13.6. The number of ether oxygens (including phenoxy) is 2. The third-order valence-corrected chi connectivity index (χ3v) is 4.22. The summed E-state index contributed by atoms with van der Waals surface area (Å²) < 4.78 is 10.7. The summed E-state index contributed by atoms with van der Waals surface area (Å²) in [5, 5.41) is 3.11. The average molecular weight is 343 g/mol. The van der Waals surface area contributed by atoms with Gasteiger partial charge in [0.05, 0.1) is 20.1 Å². The molecule has 2 rings (SSSR count). The molecular formula is C17H27ClN2O3. The van der Waals surface area contributed by atoms with Crippen molar-refractivity contribution in [3.05, 3.63) is 24.3 Å². The zero-order chi connectivity index (χ0) is 15.8. The SMILES string of the molecule is COc1ccc(OCCC(=O)NC2CCCCC2CN)cc1.Cl. The molecule has 0 saturated heterocycles. The van der Waals surface area contributed by atoms with Crippen molar-refractivity contribution in [2.45, 2.75) is 38.1 Å². The average Bonchev–Trinajstić information content (AvgIpc) is 2.56. The fourth-order valence-electron chi connectivity index (χ4n) is 2.89. The topological polar surface area (TPSA) is 73.6 Å². The van der Waals surface area contributed by atoms with Crippen LogP contribution in [0.15, 0.2) is 24.3 Å². The Morgan fingerprint density at radius 2 is 1.87 bits per heavy atom. The van der Waals surface area contributed by atoms with Gasteiger partial charge in [0.2, 0.25) is 5.91 Å². The lowest BCUT2D eigenvalue weighted by atomic mass is 9.84. The van der Waals surface area contributed by atoms with Crippen LogP contribution in [-0.4, -0.2) is 32.2 Å². The molecule has 6 heteroatoms. The number of nitrogens with one attached hydrogen (secondary N) is 1. The van der Waals surface area contributed by atoms with Gasteiger partial charge in [0.15, 0.2) is 0 Å². The van der Waals surface area contributed by atoms with Crippen molar-refractivity contribution in [1.29, 1.82) is 0 Å². The molecule has 0 bridgehead atoms. The molecule has 1 aliphatic rings. The van der Waals surface area contributed by atoms with Gasteiger partial charge < -0.3 is 20.5 Å². The summed E-state index contributed by atoms with van der Waals surface area (Å²) in [4.78, 5) is 12.0. The molecule has 130 valence electrons. The molecule has 0 heterocycles. The Labute approximate surface area is 144 Å². The Kier molecular flexibility index (Phi) is 8.81. The van der Waals surface area contributed by atoms with E-state index in [1.807, 2.05) is 24.3 Å². The highest BCUT2D eigenvalue weighted by molar-refractivity contribution is 5.85. The molecule has 0 spiro atoms. The minimum Gasteiger partial charge on any atom is -0.497 e. The minimum absolute atomic E-state index is 0. The molecule has 23 heavy (non-hydrogen) atoms. The maximum Gasteiger partial charge on any atom is 0.223 e. The first-order valence-corrected chi connectivity index (χ1v) is 7.99. The van der Waals surface area contributed by atoms with E-state index in [2.05, 4.69) is 5.32 Å². The van der Waals surface area contributed by atoms with E-state index < -0.39 is 0 Å². The third kappa shape index (κ3) is 6.28. The van der Waals surface area contributed by atoms with E-state index in [0.29, 0.717) is 25.5 Å². The highest BCUT2D eigenvalue weighted by Gasteiger charge is 2.25. The zero-order valence-corrected chi connectivity index (χ0v) is 14.4. The molecule has 1 aromatic rings. The largest absolute Gasteiger partial charge is 0.497 e. The second kappa shape index (κ2) is 10.3. The maximum absolute atomic E-state index is 12.0. The molecule has 1 amide bonds. The summed E-state index contributed by atoms with van der Waals surface area (Å²) in [6, 6.07) is 7.57. The van der Waals surface area contributed by atoms with E-state index in [1.165, 1.54) is 12.8 Å². The van der Waals surface area contributed by atoms with E-state index in [4.69, 9.17) is 15.2 Å². The number of nitrogens with two attached hydrogens (primary N) is 1. The summed E-state index contributed by atoms with van der Waals surface area (Å²) in [5.74, 6) is 1.99. The van der Waals surface area contributed by atoms with Crippen molar-refractivity contribution < 1.29 is 14.3 Å². The van der Waals surface area contributed by atoms with Crippen LogP contribution in [0.4, 0.5) is 0 Å². The normalized spacial score (nSPS) is 20.3. The van der Waals surface area contributed by atoms with Crippen LogP contribution >= 0.6 is 12.4 Å². The summed E-state index contributed by atoms with van der Waals surface area (Å²) in [6.45, 7) is 1.02. The number of amides is 1. The van der Waals surface area contributed by atoms with Gasteiger partial charge in [0.25, 0.3) is 0 Å². The monoisotopic (exact) mass is 342 g/mol.